The van der Waals surface area contributed by atoms with E-state index in [1.54, 1.807) is 6.20 Å². The summed E-state index contributed by atoms with van der Waals surface area (Å²) in [6, 6.07) is 10.4. The summed E-state index contributed by atoms with van der Waals surface area (Å²) in [5.41, 5.74) is 4.66. The molecule has 1 aliphatic carbocycles. The summed E-state index contributed by atoms with van der Waals surface area (Å²) >= 11 is 0. The Morgan fingerprint density at radius 2 is 2.00 bits per heavy atom. The maximum atomic E-state index is 4.71. The Kier molecular flexibility index (Phi) is 2.94. The Hall–Kier alpha value is -3.02. The molecule has 1 saturated carbocycles. The number of hydrogen-bond acceptors (Lipinski definition) is 5. The molecule has 0 spiro atoms. The molecule has 118 valence electrons. The van der Waals surface area contributed by atoms with Gasteiger partial charge in [-0.2, -0.15) is 0 Å². The van der Waals surface area contributed by atoms with E-state index in [0.717, 1.165) is 27.8 Å². The molecule has 1 N–H and O–H groups in total. The summed E-state index contributed by atoms with van der Waals surface area (Å²) in [6.07, 6.45) is 9.28. The molecule has 0 aliphatic heterocycles. The first-order valence-corrected chi connectivity index (χ1v) is 8.20. The van der Waals surface area contributed by atoms with Gasteiger partial charge in [-0.05, 0) is 49.6 Å². The highest BCUT2D eigenvalue weighted by Crippen LogP contribution is 2.26. The first-order chi connectivity index (χ1) is 11.9. The molecule has 0 bridgehead atoms. The number of hydrogen-bond donors (Lipinski definition) is 1. The van der Waals surface area contributed by atoms with Crippen LogP contribution in [0.4, 0.5) is 5.95 Å². The van der Waals surface area contributed by atoms with Crippen molar-refractivity contribution in [3.05, 3.63) is 48.9 Å². The van der Waals surface area contributed by atoms with Gasteiger partial charge in [0.2, 0.25) is 5.95 Å². The molecular formula is C18H16N6. The number of pyridine rings is 2. The second-order valence-corrected chi connectivity index (χ2v) is 6.15. The highest BCUT2D eigenvalue weighted by atomic mass is 15.3. The summed E-state index contributed by atoms with van der Waals surface area (Å²) in [6.45, 7) is 0. The normalized spacial score (nSPS) is 14.8. The minimum absolute atomic E-state index is 0.520. The molecule has 4 aromatic rings. The molecule has 1 fully saturated rings. The SMILES string of the molecule is c1cnc2ccc(-c3ccn4nc(NC5CCC5)ncc34)nc2c1. The summed E-state index contributed by atoms with van der Waals surface area (Å²) in [4.78, 5) is 13.5. The molecule has 0 atom stereocenters. The van der Waals surface area contributed by atoms with Crippen LogP contribution in [-0.2, 0) is 0 Å². The lowest BCUT2D eigenvalue weighted by Gasteiger charge is -2.26. The molecule has 0 saturated heterocycles. The maximum Gasteiger partial charge on any atom is 0.241 e. The van der Waals surface area contributed by atoms with Crippen LogP contribution < -0.4 is 5.32 Å². The van der Waals surface area contributed by atoms with Gasteiger partial charge in [-0.1, -0.05) is 0 Å². The van der Waals surface area contributed by atoms with E-state index in [1.807, 2.05) is 47.2 Å². The number of rotatable bonds is 3. The Morgan fingerprint density at radius 3 is 2.88 bits per heavy atom. The number of fused-ring (bicyclic) bond motifs is 2. The lowest BCUT2D eigenvalue weighted by Crippen LogP contribution is -2.28. The van der Waals surface area contributed by atoms with Crippen LogP contribution in [0.5, 0.6) is 0 Å². The highest BCUT2D eigenvalue weighted by molar-refractivity contribution is 5.83. The number of anilines is 1. The first kappa shape index (κ1) is 13.4. The zero-order chi connectivity index (χ0) is 15.9. The zero-order valence-electron chi connectivity index (χ0n) is 13.1. The second-order valence-electron chi connectivity index (χ2n) is 6.15. The molecule has 0 unspecified atom stereocenters. The van der Waals surface area contributed by atoms with Gasteiger partial charge in [0, 0.05) is 24.0 Å². The van der Waals surface area contributed by atoms with Gasteiger partial charge in [0.15, 0.2) is 0 Å². The Morgan fingerprint density at radius 1 is 1.04 bits per heavy atom. The van der Waals surface area contributed by atoms with Crippen molar-refractivity contribution < 1.29 is 0 Å². The van der Waals surface area contributed by atoms with E-state index in [0.29, 0.717) is 12.0 Å². The fraction of sp³-hybridized carbons (Fsp3) is 0.222. The summed E-state index contributed by atoms with van der Waals surface area (Å²) in [5.74, 6) is 0.685. The quantitative estimate of drug-likeness (QED) is 0.628. The third-order valence-corrected chi connectivity index (χ3v) is 4.59. The Labute approximate surface area is 138 Å². The lowest BCUT2D eigenvalue weighted by molar-refractivity contribution is 0.442. The van der Waals surface area contributed by atoms with Crippen LogP contribution in [0.25, 0.3) is 27.8 Å². The van der Waals surface area contributed by atoms with Crippen LogP contribution in [0, 0.1) is 0 Å². The van der Waals surface area contributed by atoms with Crippen molar-refractivity contribution in [3.63, 3.8) is 0 Å². The van der Waals surface area contributed by atoms with Gasteiger partial charge in [-0.3, -0.25) is 4.98 Å². The van der Waals surface area contributed by atoms with Crippen molar-refractivity contribution in [3.8, 4) is 11.3 Å². The smallest absolute Gasteiger partial charge is 0.241 e. The monoisotopic (exact) mass is 316 g/mol. The molecule has 5 rings (SSSR count). The van der Waals surface area contributed by atoms with Crippen LogP contribution in [0.3, 0.4) is 0 Å². The minimum atomic E-state index is 0.520. The number of nitrogens with zero attached hydrogens (tertiary/aromatic N) is 5. The Bertz CT molecular complexity index is 1030. The third kappa shape index (κ3) is 2.19. The number of nitrogens with one attached hydrogen (secondary N) is 1. The van der Waals surface area contributed by atoms with E-state index in [2.05, 4.69) is 20.4 Å². The lowest BCUT2D eigenvalue weighted by atomic mass is 9.93. The van der Waals surface area contributed by atoms with E-state index < -0.39 is 0 Å². The summed E-state index contributed by atoms with van der Waals surface area (Å²) in [7, 11) is 0. The van der Waals surface area contributed by atoms with E-state index in [-0.39, 0.29) is 0 Å². The van der Waals surface area contributed by atoms with Crippen LogP contribution >= 0.6 is 0 Å². The average molecular weight is 316 g/mol. The van der Waals surface area contributed by atoms with Gasteiger partial charge >= 0.3 is 0 Å². The Balaban J connectivity index is 1.55. The van der Waals surface area contributed by atoms with Gasteiger partial charge in [0.25, 0.3) is 0 Å². The van der Waals surface area contributed by atoms with Crippen molar-refractivity contribution in [2.24, 2.45) is 0 Å². The molecule has 4 heterocycles. The van der Waals surface area contributed by atoms with Crippen molar-refractivity contribution in [2.45, 2.75) is 25.3 Å². The van der Waals surface area contributed by atoms with Crippen LogP contribution in [0.2, 0.25) is 0 Å². The molecule has 6 heteroatoms. The van der Waals surface area contributed by atoms with Crippen LogP contribution in [-0.4, -0.2) is 30.6 Å². The second kappa shape index (κ2) is 5.26. The van der Waals surface area contributed by atoms with Gasteiger partial charge in [-0.15, -0.1) is 5.10 Å². The van der Waals surface area contributed by atoms with Gasteiger partial charge in [0.05, 0.1) is 28.4 Å². The van der Waals surface area contributed by atoms with Crippen LogP contribution in [0.15, 0.2) is 48.9 Å². The molecule has 1 aliphatic rings. The van der Waals surface area contributed by atoms with E-state index in [1.165, 1.54) is 19.3 Å². The maximum absolute atomic E-state index is 4.71. The van der Waals surface area contributed by atoms with E-state index in [9.17, 15) is 0 Å². The standard InChI is InChI=1S/C18H16N6/c1-3-12(4-1)21-18-20-11-17-13(8-10-24(17)23-18)14-6-7-15-16(22-14)5-2-9-19-15/h2,5-12H,1,3-4H2,(H,21,23). The third-order valence-electron chi connectivity index (χ3n) is 4.59. The topological polar surface area (TPSA) is 68.0 Å². The van der Waals surface area contributed by atoms with Gasteiger partial charge < -0.3 is 5.32 Å². The summed E-state index contributed by atoms with van der Waals surface area (Å²) < 4.78 is 1.86. The van der Waals surface area contributed by atoms with Crippen molar-refractivity contribution in [2.75, 3.05) is 5.32 Å². The summed E-state index contributed by atoms with van der Waals surface area (Å²) in [5, 5.41) is 7.94. The largest absolute Gasteiger partial charge is 0.350 e. The van der Waals surface area contributed by atoms with Crippen molar-refractivity contribution in [1.29, 1.82) is 0 Å². The highest BCUT2D eigenvalue weighted by Gasteiger charge is 2.18. The molecule has 4 aromatic heterocycles. The molecule has 6 nitrogen and oxygen atoms in total. The average Bonchev–Trinajstić information content (AvgIpc) is 3.01. The van der Waals surface area contributed by atoms with Gasteiger partial charge in [-0.25, -0.2) is 14.5 Å². The minimum Gasteiger partial charge on any atom is -0.350 e. The predicted molar refractivity (Wildman–Crippen MR) is 92.8 cm³/mol. The van der Waals surface area contributed by atoms with E-state index in [4.69, 9.17) is 4.98 Å². The molecule has 0 radical (unpaired) electrons. The van der Waals surface area contributed by atoms with E-state index >= 15 is 0 Å². The molecule has 0 amide bonds. The fourth-order valence-corrected chi connectivity index (χ4v) is 3.03. The first-order valence-electron chi connectivity index (χ1n) is 8.20. The predicted octanol–water partition coefficient (Wildman–Crippen LogP) is 3.30. The van der Waals surface area contributed by atoms with Crippen molar-refractivity contribution in [1.82, 2.24) is 24.6 Å². The zero-order valence-corrected chi connectivity index (χ0v) is 13.1. The van der Waals surface area contributed by atoms with Crippen molar-refractivity contribution >= 4 is 22.5 Å². The van der Waals surface area contributed by atoms with Crippen LogP contribution in [0.1, 0.15) is 19.3 Å². The number of aromatic nitrogens is 5. The molecular weight excluding hydrogens is 300 g/mol. The fourth-order valence-electron chi connectivity index (χ4n) is 3.03. The van der Waals surface area contributed by atoms with Gasteiger partial charge in [0.1, 0.15) is 0 Å². The molecule has 24 heavy (non-hydrogen) atoms. The molecule has 0 aromatic carbocycles.